The summed E-state index contributed by atoms with van der Waals surface area (Å²) in [5, 5.41) is 3.53. The van der Waals surface area contributed by atoms with E-state index < -0.39 is 9.84 Å². The summed E-state index contributed by atoms with van der Waals surface area (Å²) < 4.78 is 30.5. The number of carbonyl (C=O) groups excluding carboxylic acids is 1. The van der Waals surface area contributed by atoms with Crippen LogP contribution < -0.4 is 15.0 Å². The molecule has 0 aliphatic carbocycles. The van der Waals surface area contributed by atoms with Crippen LogP contribution in [0.2, 0.25) is 0 Å². The number of fused-ring (bicyclic) bond motifs is 2. The Morgan fingerprint density at radius 2 is 1.91 bits per heavy atom. The normalized spacial score (nSPS) is 23.3. The molecule has 1 N–H and O–H groups in total. The molecule has 1 unspecified atom stereocenters. The highest BCUT2D eigenvalue weighted by Crippen LogP contribution is 2.45. The van der Waals surface area contributed by atoms with E-state index >= 15 is 0 Å². The minimum atomic E-state index is -3.01. The Morgan fingerprint density at radius 1 is 1.14 bits per heavy atom. The topological polar surface area (TPSA) is 111 Å². The van der Waals surface area contributed by atoms with Crippen LogP contribution in [-0.4, -0.2) is 116 Å². The summed E-state index contributed by atoms with van der Waals surface area (Å²) >= 11 is 0. The number of likely N-dealkylation sites (tertiary alicyclic amines) is 2. The van der Waals surface area contributed by atoms with Crippen molar-refractivity contribution in [2.75, 3.05) is 81.6 Å². The van der Waals surface area contributed by atoms with E-state index in [1.54, 1.807) is 0 Å². The molecule has 4 aliphatic rings. The molecule has 3 saturated heterocycles. The molecule has 1 aromatic carbocycles. The summed E-state index contributed by atoms with van der Waals surface area (Å²) in [5.41, 5.74) is 4.04. The molecule has 12 heteroatoms. The third-order valence-corrected chi connectivity index (χ3v) is 10.6. The summed E-state index contributed by atoms with van der Waals surface area (Å²) in [6.07, 6.45) is 2.91. The van der Waals surface area contributed by atoms with Gasteiger partial charge in [-0.3, -0.25) is 9.69 Å². The molecule has 0 bridgehead atoms. The molecule has 1 amide bonds. The molecule has 43 heavy (non-hydrogen) atoms. The Bertz CT molecular complexity index is 1550. The van der Waals surface area contributed by atoms with Gasteiger partial charge in [0.25, 0.3) is 5.91 Å². The molecule has 1 aromatic heterocycles. The number of rotatable bonds is 5. The van der Waals surface area contributed by atoms with Crippen molar-refractivity contribution < 1.29 is 17.9 Å². The van der Waals surface area contributed by atoms with E-state index in [1.165, 1.54) is 11.9 Å². The van der Waals surface area contributed by atoms with Crippen LogP contribution >= 0.6 is 0 Å². The minimum Gasteiger partial charge on any atom is -0.483 e. The lowest BCUT2D eigenvalue weighted by molar-refractivity contribution is -0.124. The van der Waals surface area contributed by atoms with E-state index in [0.717, 1.165) is 67.5 Å². The highest BCUT2D eigenvalue weighted by Gasteiger charge is 2.38. The van der Waals surface area contributed by atoms with E-state index in [-0.39, 0.29) is 23.5 Å². The van der Waals surface area contributed by atoms with Gasteiger partial charge >= 0.3 is 0 Å². The van der Waals surface area contributed by atoms with E-state index in [2.05, 4.69) is 56.0 Å². The van der Waals surface area contributed by atoms with Crippen molar-refractivity contribution in [1.82, 2.24) is 24.7 Å². The van der Waals surface area contributed by atoms with Gasteiger partial charge in [0.05, 0.1) is 22.8 Å². The lowest BCUT2D eigenvalue weighted by atomic mass is 9.88. The summed E-state index contributed by atoms with van der Waals surface area (Å²) in [5.74, 6) is 8.64. The fourth-order valence-corrected chi connectivity index (χ4v) is 7.63. The van der Waals surface area contributed by atoms with Crippen molar-refractivity contribution in [3.8, 4) is 17.6 Å². The Kier molecular flexibility index (Phi) is 8.24. The molecular formula is C31H41N7O4S. The first-order valence-electron chi connectivity index (χ1n) is 15.1. The van der Waals surface area contributed by atoms with Crippen LogP contribution in [-0.2, 0) is 14.6 Å². The van der Waals surface area contributed by atoms with Crippen molar-refractivity contribution in [2.45, 2.75) is 44.8 Å². The highest BCUT2D eigenvalue weighted by molar-refractivity contribution is 7.91. The van der Waals surface area contributed by atoms with Gasteiger partial charge < -0.3 is 24.8 Å². The van der Waals surface area contributed by atoms with E-state index in [4.69, 9.17) is 4.74 Å². The van der Waals surface area contributed by atoms with E-state index in [9.17, 15) is 13.2 Å². The number of amides is 1. The lowest BCUT2D eigenvalue weighted by Crippen LogP contribution is -2.51. The number of nitrogens with one attached hydrogen (secondary N) is 1. The quantitative estimate of drug-likeness (QED) is 0.508. The molecular weight excluding hydrogens is 566 g/mol. The first kappa shape index (κ1) is 29.7. The van der Waals surface area contributed by atoms with E-state index in [1.807, 2.05) is 30.8 Å². The number of aromatic nitrogens is 2. The maximum Gasteiger partial charge on any atom is 0.298 e. The second kappa shape index (κ2) is 11.9. The number of aryl methyl sites for hydroxylation is 1. The number of ether oxygens (including phenoxy) is 1. The predicted octanol–water partition coefficient (Wildman–Crippen LogP) is 2.17. The molecule has 2 aromatic rings. The number of hydrogen-bond acceptors (Lipinski definition) is 10. The third-order valence-electron chi connectivity index (χ3n) is 8.99. The van der Waals surface area contributed by atoms with Crippen LogP contribution in [0.1, 0.15) is 48.5 Å². The minimum absolute atomic E-state index is 0.0578. The van der Waals surface area contributed by atoms with Crippen molar-refractivity contribution >= 4 is 33.1 Å². The van der Waals surface area contributed by atoms with Crippen LogP contribution in [0, 0.1) is 18.8 Å². The zero-order chi connectivity index (χ0) is 30.3. The SMILES string of the molecule is Cc1cc(C2CN(C3CCN(C(=O)C#CCCN(C)C)C3)C2)cc2c1O[C@H](C)c1c(ncnc1N1CCS(=O)(=O)CC1)N2. The molecule has 4 aliphatic heterocycles. The third kappa shape index (κ3) is 6.30. The zero-order valence-electron chi connectivity index (χ0n) is 25.5. The first-order valence-corrected chi connectivity index (χ1v) is 16.9. The van der Waals surface area contributed by atoms with Crippen LogP contribution in [0.4, 0.5) is 17.3 Å². The average molecular weight is 608 g/mol. The highest BCUT2D eigenvalue weighted by atomic mass is 32.2. The second-order valence-electron chi connectivity index (χ2n) is 12.4. The van der Waals surface area contributed by atoms with Crippen molar-refractivity contribution in [3.05, 3.63) is 35.2 Å². The van der Waals surface area contributed by atoms with Crippen LogP contribution in [0.25, 0.3) is 0 Å². The predicted molar refractivity (Wildman–Crippen MR) is 167 cm³/mol. The number of hydrogen-bond donors (Lipinski definition) is 1. The number of nitrogens with zero attached hydrogens (tertiary/aromatic N) is 6. The van der Waals surface area contributed by atoms with Crippen molar-refractivity contribution in [3.63, 3.8) is 0 Å². The Morgan fingerprint density at radius 3 is 2.65 bits per heavy atom. The van der Waals surface area contributed by atoms with Crippen molar-refractivity contribution in [1.29, 1.82) is 0 Å². The molecule has 3 fully saturated rings. The van der Waals surface area contributed by atoms with Gasteiger partial charge in [-0.15, -0.1) is 0 Å². The van der Waals surface area contributed by atoms with Gasteiger partial charge in [-0.1, -0.05) is 12.0 Å². The molecule has 0 saturated carbocycles. The molecule has 230 valence electrons. The smallest absolute Gasteiger partial charge is 0.298 e. The van der Waals surface area contributed by atoms with Gasteiger partial charge in [0, 0.05) is 64.2 Å². The number of sulfone groups is 1. The average Bonchev–Trinajstić information content (AvgIpc) is 3.36. The molecule has 2 atom stereocenters. The summed E-state index contributed by atoms with van der Waals surface area (Å²) in [4.78, 5) is 30.2. The van der Waals surface area contributed by atoms with Gasteiger partial charge in [0.2, 0.25) is 0 Å². The number of anilines is 3. The van der Waals surface area contributed by atoms with Crippen LogP contribution in [0.3, 0.4) is 0 Å². The Hall–Kier alpha value is -3.40. The fraction of sp³-hybridized carbons (Fsp3) is 0.581. The van der Waals surface area contributed by atoms with Crippen molar-refractivity contribution in [2.24, 2.45) is 0 Å². The van der Waals surface area contributed by atoms with Gasteiger partial charge in [-0.25, -0.2) is 18.4 Å². The molecule has 5 heterocycles. The lowest BCUT2D eigenvalue weighted by Gasteiger charge is -2.43. The van der Waals surface area contributed by atoms with Gasteiger partial charge in [0.1, 0.15) is 29.8 Å². The van der Waals surface area contributed by atoms with Gasteiger partial charge in [-0.2, -0.15) is 0 Å². The summed E-state index contributed by atoms with van der Waals surface area (Å²) in [6, 6.07) is 4.77. The molecule has 11 nitrogen and oxygen atoms in total. The Labute approximate surface area is 254 Å². The largest absolute Gasteiger partial charge is 0.483 e. The van der Waals surface area contributed by atoms with E-state index in [0.29, 0.717) is 37.3 Å². The fourth-order valence-electron chi connectivity index (χ4n) is 6.43. The maximum atomic E-state index is 12.6. The summed E-state index contributed by atoms with van der Waals surface area (Å²) in [6.45, 7) is 9.15. The standard InChI is InChI=1S/C31H41N7O4S/c1-21-15-23(24-17-38(18-24)25-8-10-37(19-25)27(39)7-5-6-9-35(3)4)16-26-29(21)42-22(2)28-30(34-26)32-20-33-31(28)36-11-13-43(40,41)14-12-36/h15-16,20,22,24-25H,6,8-14,17-19H2,1-4H3,(H,32,33,34)/t22-,25?/m1/s1. The molecule has 6 rings (SSSR count). The van der Waals surface area contributed by atoms with Crippen LogP contribution in [0.5, 0.6) is 5.75 Å². The Balaban J connectivity index is 1.12. The van der Waals surface area contributed by atoms with Crippen LogP contribution in [0.15, 0.2) is 18.5 Å². The molecule has 0 radical (unpaired) electrons. The molecule has 0 spiro atoms. The zero-order valence-corrected chi connectivity index (χ0v) is 26.3. The van der Waals surface area contributed by atoms with Gasteiger partial charge in [-0.05, 0) is 57.5 Å². The second-order valence-corrected chi connectivity index (χ2v) is 14.7. The number of benzene rings is 1. The monoisotopic (exact) mass is 607 g/mol. The van der Waals surface area contributed by atoms with Gasteiger partial charge in [0.15, 0.2) is 9.84 Å². The summed E-state index contributed by atoms with van der Waals surface area (Å²) in [7, 11) is 1.00. The maximum absolute atomic E-state index is 12.6. The number of carbonyl (C=O) groups is 1. The first-order chi connectivity index (χ1) is 20.6.